The number of pyridine rings is 1. The standard InChI is InChI=1S/C24H29N5O4/c30-19-17(21(31)27-24-6-14(7-24)8-24)22(32)29(5-4-28-10-23(11-28)12-33-13-23)20-18(19)26-16(9-25-20)15-2-1-3-15/h9,14-15,30H,1-8,10-13H2,(H,27,31). The van der Waals surface area contributed by atoms with Gasteiger partial charge in [0.1, 0.15) is 11.1 Å². The van der Waals surface area contributed by atoms with E-state index >= 15 is 0 Å². The molecule has 4 saturated carbocycles. The van der Waals surface area contributed by atoms with Crippen molar-refractivity contribution in [1.82, 2.24) is 24.8 Å². The lowest BCUT2D eigenvalue weighted by Crippen LogP contribution is -2.68. The monoisotopic (exact) mass is 451 g/mol. The fourth-order valence-corrected chi connectivity index (χ4v) is 6.33. The number of likely N-dealkylation sites (tertiary alicyclic amines) is 1. The molecule has 33 heavy (non-hydrogen) atoms. The fraction of sp³-hybridized carbons (Fsp3) is 0.667. The zero-order chi connectivity index (χ0) is 22.4. The normalized spacial score (nSPS) is 29.5. The van der Waals surface area contributed by atoms with Gasteiger partial charge < -0.3 is 20.1 Å². The second-order valence-corrected chi connectivity index (χ2v) is 11.2. The number of fused-ring (bicyclic) bond motifs is 1. The van der Waals surface area contributed by atoms with E-state index in [-0.39, 0.29) is 22.4 Å². The third-order valence-electron chi connectivity index (χ3n) is 8.69. The SMILES string of the molecule is O=C(NC12CC(C1)C2)c1c(O)c2nc(C3CCC3)cnc2n(CCN2CC3(COC3)C2)c1=O. The van der Waals surface area contributed by atoms with Gasteiger partial charge in [-0.1, -0.05) is 6.42 Å². The molecule has 4 heterocycles. The first-order valence-corrected chi connectivity index (χ1v) is 12.2. The zero-order valence-corrected chi connectivity index (χ0v) is 18.7. The third kappa shape index (κ3) is 2.91. The van der Waals surface area contributed by atoms with E-state index in [1.54, 1.807) is 6.20 Å². The maximum atomic E-state index is 13.5. The summed E-state index contributed by atoms with van der Waals surface area (Å²) >= 11 is 0. The van der Waals surface area contributed by atoms with E-state index in [1.165, 1.54) is 4.57 Å². The molecule has 2 saturated heterocycles. The highest BCUT2D eigenvalue weighted by atomic mass is 16.5. The van der Waals surface area contributed by atoms with Crippen LogP contribution >= 0.6 is 0 Å². The van der Waals surface area contributed by atoms with Gasteiger partial charge in [0.25, 0.3) is 11.5 Å². The van der Waals surface area contributed by atoms with Crippen molar-refractivity contribution in [3.8, 4) is 5.75 Å². The number of hydrogen-bond donors (Lipinski definition) is 2. The number of aromatic hydroxyl groups is 1. The highest BCUT2D eigenvalue weighted by Gasteiger charge is 2.57. The van der Waals surface area contributed by atoms with E-state index in [4.69, 9.17) is 9.72 Å². The second-order valence-electron chi connectivity index (χ2n) is 11.2. The molecule has 0 radical (unpaired) electrons. The molecule has 1 amide bonds. The molecule has 2 aliphatic heterocycles. The van der Waals surface area contributed by atoms with Crippen LogP contribution < -0.4 is 10.9 Å². The molecule has 6 aliphatic rings. The topological polar surface area (TPSA) is 110 Å². The predicted octanol–water partition coefficient (Wildman–Crippen LogP) is 1.38. The van der Waals surface area contributed by atoms with Crippen molar-refractivity contribution in [2.24, 2.45) is 11.3 Å². The fourth-order valence-electron chi connectivity index (χ4n) is 6.33. The largest absolute Gasteiger partial charge is 0.505 e. The van der Waals surface area contributed by atoms with E-state index in [9.17, 15) is 14.7 Å². The first-order chi connectivity index (χ1) is 15.9. The van der Waals surface area contributed by atoms with E-state index in [2.05, 4.69) is 15.2 Å². The van der Waals surface area contributed by atoms with Gasteiger partial charge in [-0.25, -0.2) is 9.97 Å². The molecule has 0 unspecified atom stereocenters. The van der Waals surface area contributed by atoms with E-state index in [1.807, 2.05) is 0 Å². The van der Waals surface area contributed by atoms with Gasteiger partial charge in [0.05, 0.1) is 25.1 Å². The van der Waals surface area contributed by atoms with Gasteiger partial charge in [-0.05, 0) is 38.0 Å². The van der Waals surface area contributed by atoms with Crippen LogP contribution in [-0.4, -0.2) is 68.8 Å². The average Bonchev–Trinajstić information content (AvgIpc) is 2.62. The molecule has 2 N–H and O–H groups in total. The van der Waals surface area contributed by atoms with Gasteiger partial charge in [0.15, 0.2) is 11.4 Å². The molecular weight excluding hydrogens is 422 g/mol. The number of hydrogen-bond acceptors (Lipinski definition) is 7. The Hall–Kier alpha value is -2.52. The number of ether oxygens (including phenoxy) is 1. The first kappa shape index (κ1) is 19.9. The molecule has 2 bridgehead atoms. The Morgan fingerprint density at radius 3 is 2.55 bits per heavy atom. The molecular formula is C24H29N5O4. The van der Waals surface area contributed by atoms with E-state index in [0.29, 0.717) is 36.0 Å². The van der Waals surface area contributed by atoms with E-state index < -0.39 is 11.5 Å². The van der Waals surface area contributed by atoms with Gasteiger partial charge in [-0.2, -0.15) is 0 Å². The summed E-state index contributed by atoms with van der Waals surface area (Å²) in [5.74, 6) is 0.209. The van der Waals surface area contributed by atoms with E-state index in [0.717, 1.165) is 70.5 Å². The lowest BCUT2D eigenvalue weighted by Gasteiger charge is -2.61. The van der Waals surface area contributed by atoms with Gasteiger partial charge >= 0.3 is 0 Å². The summed E-state index contributed by atoms with van der Waals surface area (Å²) < 4.78 is 6.89. The van der Waals surface area contributed by atoms with Gasteiger partial charge in [0.2, 0.25) is 0 Å². The van der Waals surface area contributed by atoms with Crippen LogP contribution in [0.5, 0.6) is 5.75 Å². The quantitative estimate of drug-likeness (QED) is 0.683. The van der Waals surface area contributed by atoms with Crippen LogP contribution in [0.3, 0.4) is 0 Å². The number of amides is 1. The Kier molecular flexibility index (Phi) is 4.08. The molecule has 9 heteroatoms. The van der Waals surface area contributed by atoms with Crippen molar-refractivity contribution in [2.45, 2.75) is 56.5 Å². The van der Waals surface area contributed by atoms with Crippen molar-refractivity contribution in [2.75, 3.05) is 32.8 Å². The van der Waals surface area contributed by atoms with Crippen molar-refractivity contribution in [1.29, 1.82) is 0 Å². The molecule has 9 nitrogen and oxygen atoms in total. The van der Waals surface area contributed by atoms with Gasteiger partial charge in [-0.15, -0.1) is 0 Å². The third-order valence-corrected chi connectivity index (χ3v) is 8.69. The molecule has 2 aromatic heterocycles. The summed E-state index contributed by atoms with van der Waals surface area (Å²) in [4.78, 5) is 38.2. The number of nitrogens with one attached hydrogen (secondary N) is 1. The Morgan fingerprint density at radius 2 is 1.97 bits per heavy atom. The molecule has 2 aromatic rings. The maximum Gasteiger partial charge on any atom is 0.269 e. The number of aromatic nitrogens is 3. The first-order valence-electron chi connectivity index (χ1n) is 12.2. The van der Waals surface area contributed by atoms with Crippen LogP contribution in [0.4, 0.5) is 0 Å². The average molecular weight is 452 g/mol. The minimum atomic E-state index is -0.489. The smallest absolute Gasteiger partial charge is 0.269 e. The highest BCUT2D eigenvalue weighted by Crippen LogP contribution is 2.57. The lowest BCUT2D eigenvalue weighted by atomic mass is 9.50. The minimum absolute atomic E-state index is 0.184. The Morgan fingerprint density at radius 1 is 1.21 bits per heavy atom. The summed E-state index contributed by atoms with van der Waals surface area (Å²) in [5.41, 5.74) is 0.870. The highest BCUT2D eigenvalue weighted by molar-refractivity contribution is 6.01. The molecule has 8 rings (SSSR count). The van der Waals surface area contributed by atoms with Gasteiger partial charge in [0, 0.05) is 43.1 Å². The molecule has 6 fully saturated rings. The van der Waals surface area contributed by atoms with Crippen LogP contribution in [0.15, 0.2) is 11.0 Å². The van der Waals surface area contributed by atoms with Crippen molar-refractivity contribution in [3.05, 3.63) is 27.8 Å². The molecule has 0 atom stereocenters. The summed E-state index contributed by atoms with van der Waals surface area (Å²) in [6.45, 7) is 4.64. The number of carbonyl (C=O) groups is 1. The number of nitrogens with zero attached hydrogens (tertiary/aromatic N) is 4. The molecule has 174 valence electrons. The molecule has 4 aliphatic carbocycles. The summed E-state index contributed by atoms with van der Waals surface area (Å²) in [6, 6.07) is 0. The number of carbonyl (C=O) groups excluding carboxylic acids is 1. The van der Waals surface area contributed by atoms with Crippen LogP contribution in [0.25, 0.3) is 11.2 Å². The van der Waals surface area contributed by atoms with Crippen molar-refractivity contribution >= 4 is 17.1 Å². The van der Waals surface area contributed by atoms with Crippen LogP contribution in [0.1, 0.15) is 60.5 Å². The molecule has 1 spiro atoms. The maximum absolute atomic E-state index is 13.5. The summed E-state index contributed by atoms with van der Waals surface area (Å²) in [5, 5.41) is 14.1. The van der Waals surface area contributed by atoms with Crippen molar-refractivity contribution in [3.63, 3.8) is 0 Å². The minimum Gasteiger partial charge on any atom is -0.505 e. The van der Waals surface area contributed by atoms with Crippen molar-refractivity contribution < 1.29 is 14.6 Å². The van der Waals surface area contributed by atoms with Gasteiger partial charge in [-0.3, -0.25) is 14.2 Å². The predicted molar refractivity (Wildman–Crippen MR) is 119 cm³/mol. The van der Waals surface area contributed by atoms with Crippen LogP contribution in [-0.2, 0) is 11.3 Å². The van der Waals surface area contributed by atoms with Crippen LogP contribution in [0, 0.1) is 11.3 Å². The second kappa shape index (κ2) is 6.76. The molecule has 0 aromatic carbocycles. The number of rotatable bonds is 6. The summed E-state index contributed by atoms with van der Waals surface area (Å²) in [6.07, 6.45) is 7.90. The Bertz CT molecular complexity index is 1210. The Balaban J connectivity index is 1.24. The Labute approximate surface area is 191 Å². The zero-order valence-electron chi connectivity index (χ0n) is 18.7. The lowest BCUT2D eigenvalue weighted by molar-refractivity contribution is -0.189. The van der Waals surface area contributed by atoms with Crippen LogP contribution in [0.2, 0.25) is 0 Å². The summed E-state index contributed by atoms with van der Waals surface area (Å²) in [7, 11) is 0.